The number of hydrogen-bond acceptors (Lipinski definition) is 2. The number of hydrogen-bond donors (Lipinski definition) is 2. The molecule has 0 spiro atoms. The Bertz CT molecular complexity index is 209. The molecule has 0 aliphatic heterocycles. The molecule has 0 aliphatic rings. The molecule has 0 heterocycles. The molecule has 12 heavy (non-hydrogen) atoms. The molecule has 0 fully saturated rings. The Labute approximate surface area is 79.5 Å². The van der Waals surface area contributed by atoms with Crippen molar-refractivity contribution in [2.45, 2.75) is 4.82 Å². The van der Waals surface area contributed by atoms with Gasteiger partial charge in [-0.1, -0.05) is 0 Å². The normalized spacial score (nSPS) is 10.6. The van der Waals surface area contributed by atoms with Gasteiger partial charge in [0.15, 0.2) is 0 Å². The van der Waals surface area contributed by atoms with Gasteiger partial charge in [0.25, 0.3) is 0 Å². The first-order chi connectivity index (χ1) is 5.86. The van der Waals surface area contributed by atoms with E-state index in [1.165, 1.54) is 4.46 Å². The topological polar surface area (TPSA) is 52.0 Å². The van der Waals surface area contributed by atoms with E-state index < -0.39 is 0 Å². The molecule has 0 saturated carbocycles. The van der Waals surface area contributed by atoms with E-state index in [1.54, 1.807) is 0 Å². The fourth-order valence-corrected chi connectivity index (χ4v) is 2.75. The van der Waals surface area contributed by atoms with Crippen LogP contribution in [0, 0.1) is 0 Å². The van der Waals surface area contributed by atoms with Crippen molar-refractivity contribution < 1.29 is 0 Å². The second kappa shape index (κ2) is 5.33. The van der Waals surface area contributed by atoms with E-state index in [4.69, 9.17) is 11.5 Å². The third-order valence-corrected chi connectivity index (χ3v) is 4.22. The van der Waals surface area contributed by atoms with Crippen molar-refractivity contribution in [2.75, 3.05) is 13.1 Å². The van der Waals surface area contributed by atoms with Crippen molar-refractivity contribution in [3.8, 4) is 0 Å². The maximum atomic E-state index is 5.57. The third-order valence-electron chi connectivity index (χ3n) is 1.57. The summed E-state index contributed by atoms with van der Waals surface area (Å²) in [5, 5.41) is 0. The van der Waals surface area contributed by atoms with Crippen LogP contribution in [-0.2, 0) is 0 Å². The molecule has 66 valence electrons. The Morgan fingerprint density at radius 1 is 1.08 bits per heavy atom. The Morgan fingerprint density at radius 3 is 2.17 bits per heavy atom. The molecule has 4 N–H and O–H groups in total. The number of benzene rings is 1. The minimum absolute atomic E-state index is 0.435. The van der Waals surface area contributed by atoms with Crippen LogP contribution in [0.5, 0.6) is 0 Å². The van der Waals surface area contributed by atoms with E-state index in [-0.39, 0.29) is 0 Å². The van der Waals surface area contributed by atoms with Crippen molar-refractivity contribution in [1.29, 1.82) is 0 Å². The summed E-state index contributed by atoms with van der Waals surface area (Å²) < 4.78 is 1.38. The average molecular weight is 229 g/mol. The average Bonchev–Trinajstić information content (AvgIpc) is 2.16. The van der Waals surface area contributed by atoms with Gasteiger partial charge >= 0.3 is 79.1 Å². The number of nitrogens with two attached hydrogens (primary N) is 2. The second-order valence-electron chi connectivity index (χ2n) is 2.52. The zero-order chi connectivity index (χ0) is 8.81. The Balaban J connectivity index is 2.51. The Hall–Kier alpha value is -0.341. The van der Waals surface area contributed by atoms with Crippen molar-refractivity contribution in [3.63, 3.8) is 0 Å². The molecule has 0 amide bonds. The van der Waals surface area contributed by atoms with Crippen molar-refractivity contribution >= 4 is 19.4 Å². The molecule has 0 aromatic heterocycles. The molecular weight excluding hydrogens is 215 g/mol. The quantitative estimate of drug-likeness (QED) is 0.698. The Morgan fingerprint density at radius 2 is 1.67 bits per heavy atom. The zero-order valence-electron chi connectivity index (χ0n) is 6.94. The first kappa shape index (κ1) is 9.75. The van der Waals surface area contributed by atoms with Crippen LogP contribution < -0.4 is 15.9 Å². The molecule has 2 nitrogen and oxygen atoms in total. The van der Waals surface area contributed by atoms with E-state index in [0.29, 0.717) is 32.9 Å². The van der Waals surface area contributed by atoms with Gasteiger partial charge in [0, 0.05) is 0 Å². The van der Waals surface area contributed by atoms with E-state index in [2.05, 4.69) is 24.3 Å². The van der Waals surface area contributed by atoms with Crippen LogP contribution in [0.2, 0.25) is 4.82 Å². The third kappa shape index (κ3) is 2.95. The summed E-state index contributed by atoms with van der Waals surface area (Å²) >= 11 is 0.435. The zero-order valence-corrected chi connectivity index (χ0v) is 8.65. The summed E-state index contributed by atoms with van der Waals surface area (Å²) in [6.07, 6.45) is 0. The van der Waals surface area contributed by atoms with Crippen molar-refractivity contribution in [1.82, 2.24) is 0 Å². The first-order valence-corrected chi connectivity index (χ1v) is 5.83. The van der Waals surface area contributed by atoms with Crippen molar-refractivity contribution in [3.05, 3.63) is 30.3 Å². The summed E-state index contributed by atoms with van der Waals surface area (Å²) in [4.78, 5) is 0.486. The van der Waals surface area contributed by atoms with Gasteiger partial charge in [-0.3, -0.25) is 0 Å². The summed E-state index contributed by atoms with van der Waals surface area (Å²) in [6.45, 7) is 1.40. The van der Waals surface area contributed by atoms with Crippen LogP contribution in [0.1, 0.15) is 0 Å². The summed E-state index contributed by atoms with van der Waals surface area (Å²) in [7, 11) is 0. The van der Waals surface area contributed by atoms with Crippen LogP contribution in [0.15, 0.2) is 30.3 Å². The van der Waals surface area contributed by atoms with E-state index >= 15 is 0 Å². The molecule has 0 atom stereocenters. The second-order valence-corrected chi connectivity index (χ2v) is 5.41. The predicted octanol–water partition coefficient (Wildman–Crippen LogP) is -0.278. The van der Waals surface area contributed by atoms with Gasteiger partial charge in [0.05, 0.1) is 0 Å². The summed E-state index contributed by atoms with van der Waals surface area (Å²) in [5.41, 5.74) is 11.1. The van der Waals surface area contributed by atoms with Crippen molar-refractivity contribution in [2.24, 2.45) is 11.5 Å². The molecule has 0 bridgehead atoms. The van der Waals surface area contributed by atoms with Gasteiger partial charge in [-0.25, -0.2) is 0 Å². The van der Waals surface area contributed by atoms with Crippen LogP contribution >= 0.6 is 0 Å². The molecule has 0 saturated heterocycles. The molecule has 0 unspecified atom stereocenters. The molecule has 1 aromatic carbocycles. The maximum absolute atomic E-state index is 5.57. The molecule has 1 aromatic rings. The van der Waals surface area contributed by atoms with Crippen LogP contribution in [0.4, 0.5) is 0 Å². The van der Waals surface area contributed by atoms with E-state index in [1.807, 2.05) is 6.07 Å². The van der Waals surface area contributed by atoms with Gasteiger partial charge in [-0.15, -0.1) is 0 Å². The van der Waals surface area contributed by atoms with Crippen LogP contribution in [-0.4, -0.2) is 28.0 Å². The molecule has 1 rings (SSSR count). The van der Waals surface area contributed by atoms with E-state index in [0.717, 1.165) is 0 Å². The molecule has 0 aliphatic carbocycles. The number of rotatable bonds is 4. The summed E-state index contributed by atoms with van der Waals surface area (Å²) in [6, 6.07) is 10.4. The van der Waals surface area contributed by atoms with Gasteiger partial charge < -0.3 is 0 Å². The first-order valence-electron chi connectivity index (χ1n) is 3.98. The fourth-order valence-electron chi connectivity index (χ4n) is 0.884. The molecular formula is C9H14N2Se. The van der Waals surface area contributed by atoms with E-state index in [9.17, 15) is 0 Å². The van der Waals surface area contributed by atoms with Crippen LogP contribution in [0.3, 0.4) is 0 Å². The Kier molecular flexibility index (Phi) is 4.33. The minimum atomic E-state index is 0.435. The SMILES string of the molecule is NCC(CN)[Se]c1ccccc1. The van der Waals surface area contributed by atoms with Gasteiger partial charge in [-0.2, -0.15) is 0 Å². The molecule has 3 heteroatoms. The van der Waals surface area contributed by atoms with Gasteiger partial charge in [0.1, 0.15) is 0 Å². The molecule has 0 radical (unpaired) electrons. The standard InChI is InChI=1S/C9H14N2Se/c10-6-9(7-11)12-8-4-2-1-3-5-8/h1-5,9H,6-7,10-11H2. The fraction of sp³-hybridized carbons (Fsp3) is 0.333. The van der Waals surface area contributed by atoms with Gasteiger partial charge in [0.2, 0.25) is 0 Å². The predicted molar refractivity (Wildman–Crippen MR) is 53.7 cm³/mol. The monoisotopic (exact) mass is 230 g/mol. The van der Waals surface area contributed by atoms with Crippen LogP contribution in [0.25, 0.3) is 0 Å². The summed E-state index contributed by atoms with van der Waals surface area (Å²) in [5.74, 6) is 0. The van der Waals surface area contributed by atoms with Gasteiger partial charge in [-0.05, 0) is 0 Å².